The lowest BCUT2D eigenvalue weighted by atomic mass is 10.3. The van der Waals surface area contributed by atoms with Crippen molar-refractivity contribution >= 4 is 11.8 Å². The van der Waals surface area contributed by atoms with Crippen LogP contribution in [0.5, 0.6) is 5.75 Å². The van der Waals surface area contributed by atoms with E-state index in [1.54, 1.807) is 6.07 Å². The van der Waals surface area contributed by atoms with Crippen molar-refractivity contribution in [3.05, 3.63) is 30.3 Å². The van der Waals surface area contributed by atoms with Gasteiger partial charge in [0.25, 0.3) is 0 Å². The molecule has 19 heavy (non-hydrogen) atoms. The normalized spacial score (nSPS) is 9.21. The molecule has 0 aliphatic rings. The molecular formula is C13H15N3O3. The van der Waals surface area contributed by atoms with E-state index in [-0.39, 0.29) is 6.54 Å². The highest BCUT2D eigenvalue weighted by Gasteiger charge is 2.11. The van der Waals surface area contributed by atoms with Crippen LogP contribution in [-0.2, 0) is 9.59 Å². The van der Waals surface area contributed by atoms with E-state index in [0.29, 0.717) is 19.6 Å². The zero-order valence-electron chi connectivity index (χ0n) is 10.4. The van der Waals surface area contributed by atoms with E-state index < -0.39 is 11.8 Å². The number of hydrogen-bond donors (Lipinski definition) is 2. The first-order valence-electron chi connectivity index (χ1n) is 5.85. The fourth-order valence-corrected chi connectivity index (χ4v) is 1.26. The number of hydrogen-bond acceptors (Lipinski definition) is 4. The molecule has 6 heteroatoms. The summed E-state index contributed by atoms with van der Waals surface area (Å²) >= 11 is 0. The SMILES string of the molecule is N#CCNC(=O)C(=O)NCCCOc1ccccc1. The lowest BCUT2D eigenvalue weighted by molar-refractivity contribution is -0.139. The van der Waals surface area contributed by atoms with Crippen molar-refractivity contribution in [3.63, 3.8) is 0 Å². The van der Waals surface area contributed by atoms with Crippen molar-refractivity contribution < 1.29 is 14.3 Å². The summed E-state index contributed by atoms with van der Waals surface area (Å²) in [5.41, 5.74) is 0. The third-order valence-electron chi connectivity index (χ3n) is 2.15. The van der Waals surface area contributed by atoms with Gasteiger partial charge in [-0.2, -0.15) is 5.26 Å². The van der Waals surface area contributed by atoms with Crippen LogP contribution in [0.1, 0.15) is 6.42 Å². The number of rotatable bonds is 6. The van der Waals surface area contributed by atoms with Crippen molar-refractivity contribution in [1.82, 2.24) is 10.6 Å². The summed E-state index contributed by atoms with van der Waals surface area (Å²) in [6.45, 7) is 0.610. The smallest absolute Gasteiger partial charge is 0.310 e. The quantitative estimate of drug-likeness (QED) is 0.435. The predicted octanol–water partition coefficient (Wildman–Crippen LogP) is 0.211. The molecule has 0 aliphatic carbocycles. The summed E-state index contributed by atoms with van der Waals surface area (Å²) in [5.74, 6) is -0.777. The average Bonchev–Trinajstić information content (AvgIpc) is 2.45. The number of nitriles is 1. The summed E-state index contributed by atoms with van der Waals surface area (Å²) in [5, 5.41) is 12.8. The molecule has 2 amide bonds. The maximum Gasteiger partial charge on any atom is 0.310 e. The highest BCUT2D eigenvalue weighted by Crippen LogP contribution is 2.07. The Morgan fingerprint density at radius 3 is 2.53 bits per heavy atom. The summed E-state index contributed by atoms with van der Waals surface area (Å²) in [7, 11) is 0. The minimum absolute atomic E-state index is 0.177. The first-order chi connectivity index (χ1) is 9.24. The van der Waals surface area contributed by atoms with Gasteiger partial charge in [0.1, 0.15) is 12.3 Å². The molecule has 1 aromatic rings. The molecule has 0 bridgehead atoms. The molecule has 0 fully saturated rings. The molecular weight excluding hydrogens is 246 g/mol. The average molecular weight is 261 g/mol. The maximum atomic E-state index is 11.2. The van der Waals surface area contributed by atoms with Crippen molar-refractivity contribution in [2.75, 3.05) is 19.7 Å². The molecule has 1 aromatic carbocycles. The molecule has 0 aliphatic heterocycles. The molecule has 0 aromatic heterocycles. The molecule has 0 spiro atoms. The van der Waals surface area contributed by atoms with E-state index in [1.165, 1.54) is 0 Å². The maximum absolute atomic E-state index is 11.2. The Morgan fingerprint density at radius 2 is 1.84 bits per heavy atom. The van der Waals surface area contributed by atoms with Crippen LogP contribution in [0.4, 0.5) is 0 Å². The number of nitrogens with zero attached hydrogens (tertiary/aromatic N) is 1. The van der Waals surface area contributed by atoms with E-state index in [1.807, 2.05) is 30.3 Å². The molecule has 0 radical (unpaired) electrons. The van der Waals surface area contributed by atoms with E-state index in [9.17, 15) is 9.59 Å². The Hall–Kier alpha value is -2.55. The largest absolute Gasteiger partial charge is 0.494 e. The molecule has 100 valence electrons. The van der Waals surface area contributed by atoms with Gasteiger partial charge in [0, 0.05) is 6.54 Å². The summed E-state index contributed by atoms with van der Waals surface area (Å²) in [4.78, 5) is 22.3. The van der Waals surface area contributed by atoms with Crippen LogP contribution < -0.4 is 15.4 Å². The Balaban J connectivity index is 2.09. The number of para-hydroxylation sites is 1. The number of ether oxygens (including phenoxy) is 1. The third kappa shape index (κ3) is 6.07. The van der Waals surface area contributed by atoms with E-state index in [2.05, 4.69) is 10.6 Å². The molecule has 0 atom stereocenters. The molecule has 0 saturated heterocycles. The van der Waals surface area contributed by atoms with Crippen molar-refractivity contribution in [3.8, 4) is 11.8 Å². The molecule has 0 unspecified atom stereocenters. The van der Waals surface area contributed by atoms with Crippen LogP contribution in [0, 0.1) is 11.3 Å². The van der Waals surface area contributed by atoms with Gasteiger partial charge >= 0.3 is 11.8 Å². The second-order valence-corrected chi connectivity index (χ2v) is 3.61. The standard InChI is InChI=1S/C13H15N3O3/c14-7-9-16-13(18)12(17)15-8-4-10-19-11-5-2-1-3-6-11/h1-3,5-6H,4,8-10H2,(H,15,17)(H,16,18). The summed E-state index contributed by atoms with van der Waals surface area (Å²) in [6, 6.07) is 11.0. The van der Waals surface area contributed by atoms with E-state index >= 15 is 0 Å². The molecule has 6 nitrogen and oxygen atoms in total. The van der Waals surface area contributed by atoms with Gasteiger partial charge in [0.2, 0.25) is 0 Å². The lowest BCUT2D eigenvalue weighted by Crippen LogP contribution is -2.40. The Bertz CT molecular complexity index is 454. The highest BCUT2D eigenvalue weighted by atomic mass is 16.5. The molecule has 0 heterocycles. The zero-order valence-corrected chi connectivity index (χ0v) is 10.4. The van der Waals surface area contributed by atoms with Gasteiger partial charge in [-0.1, -0.05) is 18.2 Å². The minimum Gasteiger partial charge on any atom is -0.494 e. The molecule has 0 saturated carbocycles. The van der Waals surface area contributed by atoms with Crippen molar-refractivity contribution in [1.29, 1.82) is 5.26 Å². The third-order valence-corrected chi connectivity index (χ3v) is 2.15. The predicted molar refractivity (Wildman–Crippen MR) is 68.2 cm³/mol. The van der Waals surface area contributed by atoms with Crippen LogP contribution in [0.25, 0.3) is 0 Å². The van der Waals surface area contributed by atoms with Crippen LogP contribution in [0.3, 0.4) is 0 Å². The van der Waals surface area contributed by atoms with Crippen LogP contribution >= 0.6 is 0 Å². The van der Waals surface area contributed by atoms with E-state index in [0.717, 1.165) is 5.75 Å². The Kier molecular flexibility index (Phi) is 6.51. The first kappa shape index (κ1) is 14.5. The number of benzene rings is 1. The van der Waals surface area contributed by atoms with Gasteiger partial charge in [0.15, 0.2) is 0 Å². The first-order valence-corrected chi connectivity index (χ1v) is 5.85. The molecule has 1 rings (SSSR count). The van der Waals surface area contributed by atoms with Gasteiger partial charge in [-0.05, 0) is 18.6 Å². The van der Waals surface area contributed by atoms with Gasteiger partial charge in [-0.15, -0.1) is 0 Å². The minimum atomic E-state index is -0.800. The fraction of sp³-hybridized carbons (Fsp3) is 0.308. The van der Waals surface area contributed by atoms with E-state index in [4.69, 9.17) is 10.00 Å². The number of nitrogens with one attached hydrogen (secondary N) is 2. The van der Waals surface area contributed by atoms with Crippen LogP contribution in [0.2, 0.25) is 0 Å². The lowest BCUT2D eigenvalue weighted by Gasteiger charge is -2.06. The highest BCUT2D eigenvalue weighted by molar-refractivity contribution is 6.35. The zero-order chi connectivity index (χ0) is 13.9. The number of carbonyl (C=O) groups is 2. The van der Waals surface area contributed by atoms with Gasteiger partial charge < -0.3 is 15.4 Å². The monoisotopic (exact) mass is 261 g/mol. The van der Waals surface area contributed by atoms with Crippen LogP contribution in [0.15, 0.2) is 30.3 Å². The Labute approximate surface area is 111 Å². The number of amides is 2. The van der Waals surface area contributed by atoms with Gasteiger partial charge in [-0.3, -0.25) is 9.59 Å². The summed E-state index contributed by atoms with van der Waals surface area (Å²) in [6.07, 6.45) is 0.589. The summed E-state index contributed by atoms with van der Waals surface area (Å²) < 4.78 is 5.42. The topological polar surface area (TPSA) is 91.2 Å². The Morgan fingerprint density at radius 1 is 1.16 bits per heavy atom. The van der Waals surface area contributed by atoms with Gasteiger partial charge in [0.05, 0.1) is 12.7 Å². The van der Waals surface area contributed by atoms with Crippen molar-refractivity contribution in [2.45, 2.75) is 6.42 Å². The number of carbonyl (C=O) groups excluding carboxylic acids is 2. The van der Waals surface area contributed by atoms with Gasteiger partial charge in [-0.25, -0.2) is 0 Å². The van der Waals surface area contributed by atoms with Crippen molar-refractivity contribution in [2.24, 2.45) is 0 Å². The molecule has 2 N–H and O–H groups in total. The second kappa shape index (κ2) is 8.53. The fourth-order valence-electron chi connectivity index (χ4n) is 1.26. The second-order valence-electron chi connectivity index (χ2n) is 3.61. The van der Waals surface area contributed by atoms with Crippen LogP contribution in [-0.4, -0.2) is 31.5 Å².